The number of halogens is 6. The molecule has 0 bridgehead atoms. The summed E-state index contributed by atoms with van der Waals surface area (Å²) in [4.78, 5) is 12.4. The third-order valence-electron chi connectivity index (χ3n) is 3.54. The predicted molar refractivity (Wildman–Crippen MR) is 84.6 cm³/mol. The minimum Gasteiger partial charge on any atom is -0.289 e. The monoisotopic (exact) mass is 385 g/mol. The molecule has 1 atom stereocenters. The summed E-state index contributed by atoms with van der Waals surface area (Å²) in [7, 11) is -0.837. The number of carbonyl (C=O) groups is 1. The normalized spacial score (nSPS) is 12.3. The van der Waals surface area contributed by atoms with E-state index in [0.29, 0.717) is 29.1 Å². The van der Waals surface area contributed by atoms with Crippen LogP contribution in [0.4, 0.5) is 26.3 Å². The summed E-state index contributed by atoms with van der Waals surface area (Å²) in [5.74, 6) is 0. The smallest absolute Gasteiger partial charge is 0.289 e. The summed E-state index contributed by atoms with van der Waals surface area (Å²) in [5.41, 5.74) is -4.23. The molecular formula is C17H13F6LiOP+. The molecule has 26 heavy (non-hydrogen) atoms. The standard InChI is InChI=1S/C17H13F6OP.Li/c1-9-6-7-10(2)13(8-9)25-15(24)14-11(16(18,19)20)4-3-5-12(14)17(21,22)23;/h3-8,25H,1-2H3;/q;+1. The summed E-state index contributed by atoms with van der Waals surface area (Å²) < 4.78 is 78.9. The molecule has 0 aliphatic carbocycles. The van der Waals surface area contributed by atoms with Gasteiger partial charge in [-0.15, -0.1) is 0 Å². The third-order valence-corrected chi connectivity index (χ3v) is 4.83. The van der Waals surface area contributed by atoms with E-state index < -0.39 is 43.1 Å². The van der Waals surface area contributed by atoms with Gasteiger partial charge < -0.3 is 0 Å². The summed E-state index contributed by atoms with van der Waals surface area (Å²) in [6.45, 7) is 3.37. The van der Waals surface area contributed by atoms with Crippen LogP contribution in [0.3, 0.4) is 0 Å². The van der Waals surface area contributed by atoms with Crippen molar-refractivity contribution < 1.29 is 50.0 Å². The predicted octanol–water partition coefficient (Wildman–Crippen LogP) is 2.49. The SMILES string of the molecule is Cc1ccc(C)c(PC(=O)c2c(C(F)(F)F)cccc2C(F)(F)F)c1.[Li+]. The number of alkyl halides is 6. The Balaban J connectivity index is 0.00000338. The molecule has 0 fully saturated rings. The molecule has 1 nitrogen and oxygen atoms in total. The molecule has 1 unspecified atom stereocenters. The summed E-state index contributed by atoms with van der Waals surface area (Å²) in [5, 5.41) is 0.426. The topological polar surface area (TPSA) is 17.1 Å². The fraction of sp³-hybridized carbons (Fsp3) is 0.235. The van der Waals surface area contributed by atoms with Crippen LogP contribution in [-0.2, 0) is 12.4 Å². The van der Waals surface area contributed by atoms with Gasteiger partial charge in [-0.05, 0) is 45.4 Å². The van der Waals surface area contributed by atoms with Crippen molar-refractivity contribution in [3.63, 3.8) is 0 Å². The molecule has 0 amide bonds. The number of hydrogen-bond donors (Lipinski definition) is 0. The van der Waals surface area contributed by atoms with E-state index in [1.54, 1.807) is 32.0 Å². The molecule has 9 heteroatoms. The van der Waals surface area contributed by atoms with Gasteiger partial charge in [-0.2, -0.15) is 26.3 Å². The van der Waals surface area contributed by atoms with Gasteiger partial charge in [-0.1, -0.05) is 29.8 Å². The average Bonchev–Trinajstić information content (AvgIpc) is 2.48. The molecule has 0 saturated carbocycles. The Bertz CT molecular complexity index is 782. The van der Waals surface area contributed by atoms with Crippen molar-refractivity contribution in [1.82, 2.24) is 0 Å². The first-order chi connectivity index (χ1) is 11.4. The molecule has 0 aromatic heterocycles. The van der Waals surface area contributed by atoms with E-state index in [4.69, 9.17) is 0 Å². The van der Waals surface area contributed by atoms with Crippen molar-refractivity contribution in [2.75, 3.05) is 0 Å². The number of carbonyl (C=O) groups excluding carboxylic acids is 1. The zero-order valence-electron chi connectivity index (χ0n) is 14.1. The fourth-order valence-corrected chi connectivity index (χ4v) is 3.54. The maximum atomic E-state index is 13.1. The molecule has 2 aromatic rings. The molecule has 0 N–H and O–H groups in total. The maximum Gasteiger partial charge on any atom is 1.00 e. The second kappa shape index (κ2) is 8.17. The van der Waals surface area contributed by atoms with Crippen LogP contribution in [0, 0.1) is 13.8 Å². The van der Waals surface area contributed by atoms with Gasteiger partial charge in [0.2, 0.25) is 0 Å². The van der Waals surface area contributed by atoms with Gasteiger partial charge in [-0.3, -0.25) is 4.79 Å². The number of benzene rings is 2. The van der Waals surface area contributed by atoms with Crippen LogP contribution in [0.15, 0.2) is 36.4 Å². The van der Waals surface area contributed by atoms with Crippen molar-refractivity contribution >= 4 is 19.4 Å². The Hall–Kier alpha value is -1.28. The van der Waals surface area contributed by atoms with Gasteiger partial charge in [-0.25, -0.2) is 0 Å². The van der Waals surface area contributed by atoms with Gasteiger partial charge in [0.1, 0.15) is 0 Å². The van der Waals surface area contributed by atoms with Crippen LogP contribution >= 0.6 is 8.58 Å². The fourth-order valence-electron chi connectivity index (χ4n) is 2.32. The molecule has 0 saturated heterocycles. The van der Waals surface area contributed by atoms with Crippen molar-refractivity contribution in [1.29, 1.82) is 0 Å². The van der Waals surface area contributed by atoms with Crippen molar-refractivity contribution in [2.24, 2.45) is 0 Å². The molecule has 0 spiro atoms. The van der Waals surface area contributed by atoms with Crippen LogP contribution in [0.1, 0.15) is 32.6 Å². The Labute approximate surface area is 160 Å². The molecule has 2 rings (SSSR count). The van der Waals surface area contributed by atoms with Gasteiger partial charge in [0.25, 0.3) is 0 Å². The van der Waals surface area contributed by atoms with Crippen LogP contribution < -0.4 is 24.2 Å². The van der Waals surface area contributed by atoms with E-state index >= 15 is 0 Å². The van der Waals surface area contributed by atoms with E-state index in [9.17, 15) is 31.1 Å². The molecule has 134 valence electrons. The quantitative estimate of drug-likeness (QED) is 0.451. The second-order valence-corrected chi connectivity index (χ2v) is 6.74. The van der Waals surface area contributed by atoms with Gasteiger partial charge in [0, 0.05) is 5.56 Å². The molecular weight excluding hydrogens is 372 g/mol. The van der Waals surface area contributed by atoms with Crippen molar-refractivity contribution in [3.05, 3.63) is 64.2 Å². The number of rotatable bonds is 3. The zero-order valence-corrected chi connectivity index (χ0v) is 15.1. The van der Waals surface area contributed by atoms with Crippen molar-refractivity contribution in [2.45, 2.75) is 26.2 Å². The summed E-state index contributed by atoms with van der Waals surface area (Å²) in [6.07, 6.45) is -10.1. The molecule has 0 heterocycles. The van der Waals surface area contributed by atoms with Gasteiger partial charge >= 0.3 is 31.2 Å². The van der Waals surface area contributed by atoms with E-state index in [-0.39, 0.29) is 18.9 Å². The number of aryl methyl sites for hydroxylation is 2. The van der Waals surface area contributed by atoms with Crippen LogP contribution in [0.25, 0.3) is 0 Å². The minimum absolute atomic E-state index is 0. The second-order valence-electron chi connectivity index (χ2n) is 5.50. The van der Waals surface area contributed by atoms with E-state index in [0.717, 1.165) is 5.56 Å². The van der Waals surface area contributed by atoms with E-state index in [1.807, 2.05) is 0 Å². The Morgan fingerprint density at radius 1 is 0.885 bits per heavy atom. The molecule has 2 aromatic carbocycles. The number of hydrogen-bond acceptors (Lipinski definition) is 1. The first-order valence-corrected chi connectivity index (χ1v) is 8.07. The molecule has 0 radical (unpaired) electrons. The van der Waals surface area contributed by atoms with Crippen LogP contribution in [-0.4, -0.2) is 5.52 Å². The Kier molecular flexibility index (Phi) is 7.15. The minimum atomic E-state index is -5.06. The Morgan fingerprint density at radius 3 is 1.85 bits per heavy atom. The summed E-state index contributed by atoms with van der Waals surface area (Å²) >= 11 is 0. The molecule has 0 aliphatic rings. The van der Waals surface area contributed by atoms with E-state index in [2.05, 4.69) is 0 Å². The maximum absolute atomic E-state index is 13.1. The van der Waals surface area contributed by atoms with Crippen LogP contribution in [0.5, 0.6) is 0 Å². The first-order valence-electron chi connectivity index (χ1n) is 7.07. The first kappa shape index (κ1) is 22.8. The van der Waals surface area contributed by atoms with Crippen molar-refractivity contribution in [3.8, 4) is 0 Å². The largest absolute Gasteiger partial charge is 1.00 e. The average molecular weight is 385 g/mol. The Morgan fingerprint density at radius 2 is 1.38 bits per heavy atom. The van der Waals surface area contributed by atoms with E-state index in [1.165, 1.54) is 0 Å². The summed E-state index contributed by atoms with van der Waals surface area (Å²) in [6, 6.07) is 6.66. The molecule has 0 aliphatic heterocycles. The zero-order chi connectivity index (χ0) is 19.0. The third kappa shape index (κ3) is 5.13. The van der Waals surface area contributed by atoms with Gasteiger partial charge in [0.05, 0.1) is 11.1 Å². The van der Waals surface area contributed by atoms with Gasteiger partial charge in [0.15, 0.2) is 5.52 Å². The van der Waals surface area contributed by atoms with Crippen LogP contribution in [0.2, 0.25) is 0 Å².